The van der Waals surface area contributed by atoms with Crippen molar-refractivity contribution in [3.05, 3.63) is 0 Å². The highest BCUT2D eigenvalue weighted by Crippen LogP contribution is 2.49. The van der Waals surface area contributed by atoms with Crippen LogP contribution in [0.5, 0.6) is 0 Å². The third kappa shape index (κ3) is 1.92. The summed E-state index contributed by atoms with van der Waals surface area (Å²) in [5.74, 6) is -0.119. The first-order chi connectivity index (χ1) is 6.77. The molecule has 1 spiro atoms. The number of esters is 1. The van der Waals surface area contributed by atoms with Gasteiger partial charge < -0.3 is 9.47 Å². The minimum absolute atomic E-state index is 0.119. The summed E-state index contributed by atoms with van der Waals surface area (Å²) in [6, 6.07) is 0. The van der Waals surface area contributed by atoms with E-state index in [1.165, 1.54) is 39.2 Å². The van der Waals surface area contributed by atoms with E-state index in [0.717, 1.165) is 6.42 Å². The molecule has 1 heterocycles. The van der Waals surface area contributed by atoms with Crippen LogP contribution >= 0.6 is 0 Å². The van der Waals surface area contributed by atoms with Crippen LogP contribution in [0.1, 0.15) is 44.9 Å². The Morgan fingerprint density at radius 2 is 2.14 bits per heavy atom. The van der Waals surface area contributed by atoms with Gasteiger partial charge in [-0.15, -0.1) is 0 Å². The van der Waals surface area contributed by atoms with Gasteiger partial charge in [0.2, 0.25) is 0 Å². The molecular formula is C11H18O3. The Morgan fingerprint density at radius 1 is 1.43 bits per heavy atom. The molecule has 0 radical (unpaired) electrons. The molecule has 1 aliphatic carbocycles. The molecule has 0 aromatic heterocycles. The molecular weight excluding hydrogens is 180 g/mol. The monoisotopic (exact) mass is 198 g/mol. The number of ether oxygens (including phenoxy) is 2. The van der Waals surface area contributed by atoms with Gasteiger partial charge >= 0.3 is 5.97 Å². The van der Waals surface area contributed by atoms with Gasteiger partial charge in [-0.05, 0) is 19.3 Å². The lowest BCUT2D eigenvalue weighted by Crippen LogP contribution is -2.19. The molecule has 0 amide bonds. The van der Waals surface area contributed by atoms with Crippen molar-refractivity contribution < 1.29 is 14.3 Å². The first-order valence-electron chi connectivity index (χ1n) is 5.51. The van der Waals surface area contributed by atoms with Crippen LogP contribution in [0.25, 0.3) is 0 Å². The fourth-order valence-corrected chi connectivity index (χ4v) is 2.51. The predicted molar refractivity (Wildman–Crippen MR) is 51.9 cm³/mol. The summed E-state index contributed by atoms with van der Waals surface area (Å²) in [5, 5.41) is 0. The molecule has 1 unspecified atom stereocenters. The lowest BCUT2D eigenvalue weighted by atomic mass is 9.85. The Kier molecular flexibility index (Phi) is 2.77. The second kappa shape index (κ2) is 3.89. The van der Waals surface area contributed by atoms with E-state index >= 15 is 0 Å². The van der Waals surface area contributed by atoms with E-state index in [4.69, 9.17) is 4.74 Å². The standard InChI is InChI=1S/C11H18O3/c1-13-10(12)6-5-9-11(14-9)7-3-2-4-8-11/h9H,2-8H2,1H3. The molecule has 0 aromatic carbocycles. The molecule has 3 nitrogen and oxygen atoms in total. The van der Waals surface area contributed by atoms with E-state index in [2.05, 4.69) is 4.74 Å². The fraction of sp³-hybridized carbons (Fsp3) is 0.909. The van der Waals surface area contributed by atoms with E-state index in [1.54, 1.807) is 0 Å². The van der Waals surface area contributed by atoms with Crippen molar-refractivity contribution in [2.24, 2.45) is 0 Å². The second-order valence-electron chi connectivity index (χ2n) is 4.35. The van der Waals surface area contributed by atoms with Gasteiger partial charge in [0, 0.05) is 6.42 Å². The highest BCUT2D eigenvalue weighted by molar-refractivity contribution is 5.69. The van der Waals surface area contributed by atoms with Crippen molar-refractivity contribution in [3.8, 4) is 0 Å². The van der Waals surface area contributed by atoms with Gasteiger partial charge in [0.25, 0.3) is 0 Å². The lowest BCUT2D eigenvalue weighted by molar-refractivity contribution is -0.140. The molecule has 1 saturated carbocycles. The third-order valence-corrected chi connectivity index (χ3v) is 3.44. The summed E-state index contributed by atoms with van der Waals surface area (Å²) in [6.45, 7) is 0. The van der Waals surface area contributed by atoms with Gasteiger partial charge in [-0.1, -0.05) is 19.3 Å². The summed E-state index contributed by atoms with van der Waals surface area (Å²) in [7, 11) is 1.44. The van der Waals surface area contributed by atoms with Crippen molar-refractivity contribution in [1.82, 2.24) is 0 Å². The SMILES string of the molecule is COC(=O)CCC1OC12CCCCC2. The zero-order chi connectivity index (χ0) is 10.0. The number of epoxide rings is 1. The summed E-state index contributed by atoms with van der Waals surface area (Å²) in [5.41, 5.74) is 0.173. The van der Waals surface area contributed by atoms with E-state index in [1.807, 2.05) is 0 Å². The quantitative estimate of drug-likeness (QED) is 0.514. The van der Waals surface area contributed by atoms with Crippen molar-refractivity contribution in [3.63, 3.8) is 0 Å². The maximum Gasteiger partial charge on any atom is 0.305 e. The maximum absolute atomic E-state index is 10.9. The highest BCUT2D eigenvalue weighted by Gasteiger charge is 2.55. The van der Waals surface area contributed by atoms with Gasteiger partial charge in [-0.25, -0.2) is 0 Å². The third-order valence-electron chi connectivity index (χ3n) is 3.44. The van der Waals surface area contributed by atoms with Gasteiger partial charge in [0.15, 0.2) is 0 Å². The Morgan fingerprint density at radius 3 is 2.79 bits per heavy atom. The average molecular weight is 198 g/mol. The minimum atomic E-state index is -0.119. The van der Waals surface area contributed by atoms with E-state index in [0.29, 0.717) is 12.5 Å². The molecule has 2 rings (SSSR count). The number of hydrogen-bond donors (Lipinski definition) is 0. The maximum atomic E-state index is 10.9. The first kappa shape index (κ1) is 9.97. The van der Waals surface area contributed by atoms with Crippen molar-refractivity contribution in [2.75, 3.05) is 7.11 Å². The first-order valence-corrected chi connectivity index (χ1v) is 5.51. The number of hydrogen-bond acceptors (Lipinski definition) is 3. The smallest absolute Gasteiger partial charge is 0.305 e. The van der Waals surface area contributed by atoms with Crippen LogP contribution in [-0.4, -0.2) is 24.8 Å². The molecule has 0 aromatic rings. The number of methoxy groups -OCH3 is 1. The van der Waals surface area contributed by atoms with Crippen molar-refractivity contribution in [1.29, 1.82) is 0 Å². The van der Waals surface area contributed by atoms with Crippen LogP contribution in [0.15, 0.2) is 0 Å². The van der Waals surface area contributed by atoms with E-state index < -0.39 is 0 Å². The van der Waals surface area contributed by atoms with Crippen molar-refractivity contribution in [2.45, 2.75) is 56.7 Å². The zero-order valence-corrected chi connectivity index (χ0v) is 8.75. The van der Waals surface area contributed by atoms with Crippen LogP contribution in [0.2, 0.25) is 0 Å². The highest BCUT2D eigenvalue weighted by atomic mass is 16.6. The van der Waals surface area contributed by atoms with Crippen LogP contribution in [0.3, 0.4) is 0 Å². The van der Waals surface area contributed by atoms with E-state index in [9.17, 15) is 4.79 Å². The molecule has 14 heavy (non-hydrogen) atoms. The second-order valence-corrected chi connectivity index (χ2v) is 4.35. The summed E-state index contributed by atoms with van der Waals surface area (Å²) < 4.78 is 10.3. The molecule has 1 saturated heterocycles. The van der Waals surface area contributed by atoms with Crippen LogP contribution in [0, 0.1) is 0 Å². The van der Waals surface area contributed by atoms with Gasteiger partial charge in [0.05, 0.1) is 18.8 Å². The average Bonchev–Trinajstić information content (AvgIpc) is 2.89. The number of rotatable bonds is 3. The van der Waals surface area contributed by atoms with Crippen molar-refractivity contribution >= 4 is 5.97 Å². The van der Waals surface area contributed by atoms with Gasteiger partial charge in [0.1, 0.15) is 0 Å². The summed E-state index contributed by atoms with van der Waals surface area (Å²) >= 11 is 0. The van der Waals surface area contributed by atoms with Crippen LogP contribution in [0.4, 0.5) is 0 Å². The van der Waals surface area contributed by atoms with Crippen LogP contribution in [-0.2, 0) is 14.3 Å². The molecule has 0 bridgehead atoms. The number of carbonyl (C=O) groups is 1. The fourth-order valence-electron chi connectivity index (χ4n) is 2.51. The zero-order valence-electron chi connectivity index (χ0n) is 8.75. The van der Waals surface area contributed by atoms with Gasteiger partial charge in [-0.2, -0.15) is 0 Å². The van der Waals surface area contributed by atoms with Gasteiger partial charge in [-0.3, -0.25) is 4.79 Å². The van der Waals surface area contributed by atoms with Crippen LogP contribution < -0.4 is 0 Å². The summed E-state index contributed by atoms with van der Waals surface area (Å²) in [4.78, 5) is 10.9. The minimum Gasteiger partial charge on any atom is -0.469 e. The Balaban J connectivity index is 1.72. The Hall–Kier alpha value is -0.570. The molecule has 2 aliphatic rings. The Labute approximate surface area is 84.8 Å². The Bertz CT molecular complexity index is 219. The molecule has 2 fully saturated rings. The normalized spacial score (nSPS) is 28.8. The topological polar surface area (TPSA) is 38.8 Å². The molecule has 80 valence electrons. The molecule has 3 heteroatoms. The molecule has 1 aliphatic heterocycles. The molecule has 1 atom stereocenters. The molecule has 0 N–H and O–H groups in total. The predicted octanol–water partition coefficient (Wildman–Crippen LogP) is 2.04. The van der Waals surface area contributed by atoms with E-state index in [-0.39, 0.29) is 11.6 Å². The largest absolute Gasteiger partial charge is 0.469 e. The summed E-state index contributed by atoms with van der Waals surface area (Å²) in [6.07, 6.45) is 7.98. The lowest BCUT2D eigenvalue weighted by Gasteiger charge is -2.17. The number of carbonyl (C=O) groups excluding carboxylic acids is 1.